The van der Waals surface area contributed by atoms with Gasteiger partial charge in [0.1, 0.15) is 5.82 Å². The van der Waals surface area contributed by atoms with Gasteiger partial charge in [0.25, 0.3) is 11.8 Å². The molecule has 0 bridgehead atoms. The normalized spacial score (nSPS) is 10.9. The minimum absolute atomic E-state index is 0.0632. The highest BCUT2D eigenvalue weighted by Gasteiger charge is 2.14. The quantitative estimate of drug-likeness (QED) is 0.310. The summed E-state index contributed by atoms with van der Waals surface area (Å²) in [7, 11) is 1.77. The molecule has 0 radical (unpaired) electrons. The second-order valence-electron chi connectivity index (χ2n) is 8.91. The van der Waals surface area contributed by atoms with Crippen LogP contribution < -0.4 is 10.2 Å². The number of hydrogen-bond acceptors (Lipinski definition) is 3. The van der Waals surface area contributed by atoms with E-state index in [1.54, 1.807) is 11.9 Å². The van der Waals surface area contributed by atoms with Gasteiger partial charge in [-0.15, -0.1) is 0 Å². The van der Waals surface area contributed by atoms with E-state index in [1.165, 1.54) is 0 Å². The number of benzene rings is 4. The van der Waals surface area contributed by atoms with Gasteiger partial charge in [-0.3, -0.25) is 9.59 Å². The first-order valence-corrected chi connectivity index (χ1v) is 11.7. The predicted octanol–water partition coefficient (Wildman–Crippen LogP) is 6.38. The number of rotatable bonds is 5. The molecule has 6 heteroatoms. The summed E-state index contributed by atoms with van der Waals surface area (Å²) < 4.78 is 0. The van der Waals surface area contributed by atoms with Crippen molar-refractivity contribution in [1.29, 1.82) is 0 Å². The van der Waals surface area contributed by atoms with Crippen LogP contribution >= 0.6 is 0 Å². The summed E-state index contributed by atoms with van der Waals surface area (Å²) in [5.74, 6) is 0.492. The maximum Gasteiger partial charge on any atom is 0.258 e. The molecule has 5 rings (SSSR count). The van der Waals surface area contributed by atoms with Crippen molar-refractivity contribution in [3.8, 4) is 11.4 Å². The van der Waals surface area contributed by atoms with Crippen molar-refractivity contribution in [2.24, 2.45) is 0 Å². The van der Waals surface area contributed by atoms with Crippen LogP contribution in [-0.4, -0.2) is 28.8 Å². The smallest absolute Gasteiger partial charge is 0.258 e. The lowest BCUT2D eigenvalue weighted by Crippen LogP contribution is -2.26. The summed E-state index contributed by atoms with van der Waals surface area (Å²) in [5.41, 5.74) is 7.48. The molecule has 0 aliphatic rings. The molecule has 0 atom stereocenters. The number of amides is 2. The third-order valence-electron chi connectivity index (χ3n) is 6.18. The van der Waals surface area contributed by atoms with Gasteiger partial charge in [-0.2, -0.15) is 0 Å². The van der Waals surface area contributed by atoms with E-state index >= 15 is 0 Å². The number of fused-ring (bicyclic) bond motifs is 1. The molecule has 2 amide bonds. The number of aromatic amines is 1. The maximum absolute atomic E-state index is 12.8. The Morgan fingerprint density at radius 3 is 2.03 bits per heavy atom. The van der Waals surface area contributed by atoms with E-state index in [4.69, 9.17) is 0 Å². The monoisotopic (exact) mass is 474 g/mol. The number of anilines is 2. The van der Waals surface area contributed by atoms with Crippen molar-refractivity contribution in [2.75, 3.05) is 17.3 Å². The van der Waals surface area contributed by atoms with Crippen molar-refractivity contribution >= 4 is 34.2 Å². The summed E-state index contributed by atoms with van der Waals surface area (Å²) in [5, 5.41) is 2.94. The van der Waals surface area contributed by atoms with Gasteiger partial charge >= 0.3 is 0 Å². The molecule has 0 saturated carbocycles. The number of imidazole rings is 1. The molecule has 0 aliphatic heterocycles. The van der Waals surface area contributed by atoms with Gasteiger partial charge in [0.2, 0.25) is 0 Å². The number of aryl methyl sites for hydroxylation is 2. The van der Waals surface area contributed by atoms with E-state index in [0.717, 1.165) is 33.4 Å². The lowest BCUT2D eigenvalue weighted by molar-refractivity contribution is 0.0991. The molecule has 0 aliphatic carbocycles. The van der Waals surface area contributed by atoms with Crippen LogP contribution in [0.3, 0.4) is 0 Å². The minimum atomic E-state index is -0.158. The van der Waals surface area contributed by atoms with E-state index in [9.17, 15) is 9.59 Å². The number of carbonyl (C=O) groups is 2. The molecule has 6 nitrogen and oxygen atoms in total. The molecule has 1 heterocycles. The Kier molecular flexibility index (Phi) is 6.09. The molecule has 4 aromatic carbocycles. The van der Waals surface area contributed by atoms with Crippen LogP contribution in [0.5, 0.6) is 0 Å². The van der Waals surface area contributed by atoms with Gasteiger partial charge in [-0.1, -0.05) is 35.4 Å². The van der Waals surface area contributed by atoms with Crippen LogP contribution in [-0.2, 0) is 0 Å². The molecule has 1 aromatic heterocycles. The zero-order valence-electron chi connectivity index (χ0n) is 20.4. The summed E-state index contributed by atoms with van der Waals surface area (Å²) >= 11 is 0. The average Bonchev–Trinajstić information content (AvgIpc) is 3.32. The Bertz CT molecular complexity index is 1550. The summed E-state index contributed by atoms with van der Waals surface area (Å²) in [6.45, 7) is 3.99. The van der Waals surface area contributed by atoms with Gasteiger partial charge in [0.05, 0.1) is 11.0 Å². The second-order valence-corrected chi connectivity index (χ2v) is 8.91. The minimum Gasteiger partial charge on any atom is -0.338 e. The third-order valence-corrected chi connectivity index (χ3v) is 6.18. The summed E-state index contributed by atoms with van der Waals surface area (Å²) in [6, 6.07) is 28.3. The third kappa shape index (κ3) is 4.74. The second kappa shape index (κ2) is 9.50. The van der Waals surface area contributed by atoms with Crippen LogP contribution in [0.4, 0.5) is 11.4 Å². The number of nitrogens with zero attached hydrogens (tertiary/aromatic N) is 2. The standard InChI is InChI=1S/C30H26N4O2/c1-19-4-8-22(9-5-19)29(35)31-24-14-17-26-27(18-24)33-28(32-26)21-12-15-25(16-13-21)34(3)30(36)23-10-6-20(2)7-11-23/h4-18H,1-3H3,(H,31,35)(H,32,33). The Hall–Kier alpha value is -4.71. The molecular formula is C30H26N4O2. The van der Waals surface area contributed by atoms with Crippen molar-refractivity contribution in [2.45, 2.75) is 13.8 Å². The molecule has 5 aromatic rings. The SMILES string of the molecule is Cc1ccc(C(=O)Nc2ccc3nc(-c4ccc(N(C)C(=O)c5ccc(C)cc5)cc4)[nH]c3c2)cc1. The Morgan fingerprint density at radius 1 is 0.778 bits per heavy atom. The fourth-order valence-electron chi connectivity index (χ4n) is 3.98. The lowest BCUT2D eigenvalue weighted by atomic mass is 10.1. The van der Waals surface area contributed by atoms with Crippen LogP contribution in [0, 0.1) is 13.8 Å². The molecule has 0 unspecified atom stereocenters. The van der Waals surface area contributed by atoms with E-state index < -0.39 is 0 Å². The highest BCUT2D eigenvalue weighted by molar-refractivity contribution is 6.06. The maximum atomic E-state index is 12.8. The van der Waals surface area contributed by atoms with Crippen molar-refractivity contribution in [3.63, 3.8) is 0 Å². The Balaban J connectivity index is 1.32. The van der Waals surface area contributed by atoms with E-state index in [1.807, 2.05) is 105 Å². The van der Waals surface area contributed by atoms with Gasteiger partial charge in [0, 0.05) is 35.1 Å². The first kappa shape index (κ1) is 23.1. The molecule has 0 spiro atoms. The Morgan fingerprint density at radius 2 is 1.39 bits per heavy atom. The topological polar surface area (TPSA) is 78.1 Å². The number of hydrogen-bond donors (Lipinski definition) is 2. The van der Waals surface area contributed by atoms with Crippen molar-refractivity contribution in [1.82, 2.24) is 9.97 Å². The molecule has 2 N–H and O–H groups in total. The van der Waals surface area contributed by atoms with Crippen LogP contribution in [0.25, 0.3) is 22.4 Å². The van der Waals surface area contributed by atoms with E-state index in [0.29, 0.717) is 22.6 Å². The van der Waals surface area contributed by atoms with Gasteiger partial charge in [-0.05, 0) is 80.6 Å². The largest absolute Gasteiger partial charge is 0.338 e. The average molecular weight is 475 g/mol. The molecule has 0 saturated heterocycles. The molecular weight excluding hydrogens is 448 g/mol. The zero-order valence-corrected chi connectivity index (χ0v) is 20.4. The number of H-pyrrole nitrogens is 1. The first-order valence-electron chi connectivity index (χ1n) is 11.7. The number of carbonyl (C=O) groups excluding carboxylic acids is 2. The van der Waals surface area contributed by atoms with Crippen LogP contribution in [0.2, 0.25) is 0 Å². The van der Waals surface area contributed by atoms with Gasteiger partial charge in [0.15, 0.2) is 0 Å². The highest BCUT2D eigenvalue weighted by Crippen LogP contribution is 2.26. The van der Waals surface area contributed by atoms with Gasteiger partial charge < -0.3 is 15.2 Å². The highest BCUT2D eigenvalue weighted by atomic mass is 16.2. The Labute approximate surface area is 209 Å². The predicted molar refractivity (Wildman–Crippen MR) is 145 cm³/mol. The molecule has 0 fully saturated rings. The van der Waals surface area contributed by atoms with Crippen molar-refractivity contribution in [3.05, 3.63) is 113 Å². The number of nitrogens with one attached hydrogen (secondary N) is 2. The summed E-state index contributed by atoms with van der Waals surface area (Å²) in [6.07, 6.45) is 0. The molecule has 178 valence electrons. The van der Waals surface area contributed by atoms with E-state index in [-0.39, 0.29) is 11.8 Å². The molecule has 36 heavy (non-hydrogen) atoms. The van der Waals surface area contributed by atoms with Crippen LogP contribution in [0.15, 0.2) is 91.0 Å². The van der Waals surface area contributed by atoms with E-state index in [2.05, 4.69) is 15.3 Å². The zero-order chi connectivity index (χ0) is 25.2. The van der Waals surface area contributed by atoms with Crippen LogP contribution in [0.1, 0.15) is 31.8 Å². The lowest BCUT2D eigenvalue weighted by Gasteiger charge is -2.17. The van der Waals surface area contributed by atoms with Gasteiger partial charge in [-0.25, -0.2) is 4.98 Å². The van der Waals surface area contributed by atoms with Crippen molar-refractivity contribution < 1.29 is 9.59 Å². The summed E-state index contributed by atoms with van der Waals surface area (Å²) in [4.78, 5) is 35.0. The number of aromatic nitrogens is 2. The fraction of sp³-hybridized carbons (Fsp3) is 0.100. The fourth-order valence-corrected chi connectivity index (χ4v) is 3.98. The first-order chi connectivity index (χ1) is 17.4.